The van der Waals surface area contributed by atoms with Crippen molar-refractivity contribution in [3.8, 4) is 0 Å². The van der Waals surface area contributed by atoms with Crippen molar-refractivity contribution in [3.63, 3.8) is 0 Å². The Hall–Kier alpha value is -1.73. The molecule has 0 aromatic carbocycles. The average Bonchev–Trinajstić information content (AvgIpc) is 3.21. The van der Waals surface area contributed by atoms with Gasteiger partial charge in [-0.2, -0.15) is 4.98 Å². The van der Waals surface area contributed by atoms with E-state index in [1.165, 1.54) is 0 Å². The summed E-state index contributed by atoms with van der Waals surface area (Å²) >= 11 is 0. The lowest BCUT2D eigenvalue weighted by Gasteiger charge is -2.23. The maximum Gasteiger partial charge on any atom is 0.223 e. The first-order valence-electron chi connectivity index (χ1n) is 7.79. The van der Waals surface area contributed by atoms with E-state index < -0.39 is 0 Å². The smallest absolute Gasteiger partial charge is 0.223 e. The maximum atomic E-state index is 5.69. The Balaban J connectivity index is 1.50. The molecule has 0 bridgehead atoms. The molecule has 0 radical (unpaired) electrons. The van der Waals surface area contributed by atoms with E-state index in [0.29, 0.717) is 11.9 Å². The van der Waals surface area contributed by atoms with E-state index in [1.54, 1.807) is 0 Å². The molecule has 0 amide bonds. The first-order chi connectivity index (χ1) is 10.6. The van der Waals surface area contributed by atoms with Gasteiger partial charge in [-0.25, -0.2) is 4.98 Å². The van der Waals surface area contributed by atoms with Crippen LogP contribution in [0.4, 0.5) is 0 Å². The highest BCUT2D eigenvalue weighted by molar-refractivity contribution is 4.95. The maximum absolute atomic E-state index is 5.69. The van der Waals surface area contributed by atoms with Gasteiger partial charge in [0, 0.05) is 32.5 Å². The van der Waals surface area contributed by atoms with E-state index in [2.05, 4.69) is 38.9 Å². The molecule has 0 spiro atoms. The Morgan fingerprint density at radius 1 is 1.45 bits per heavy atom. The van der Waals surface area contributed by atoms with E-state index in [0.717, 1.165) is 56.5 Å². The average molecular weight is 305 g/mol. The fourth-order valence-electron chi connectivity index (χ4n) is 2.85. The van der Waals surface area contributed by atoms with Crippen molar-refractivity contribution in [2.75, 3.05) is 20.1 Å². The second kappa shape index (κ2) is 6.58. The molecule has 120 valence electrons. The Bertz CT molecular complexity index is 609. The topological polar surface area (TPSA) is 71.4 Å². The van der Waals surface area contributed by atoms with Crippen LogP contribution < -0.4 is 0 Å². The highest BCUT2D eigenvalue weighted by Crippen LogP contribution is 2.18. The van der Waals surface area contributed by atoms with Gasteiger partial charge < -0.3 is 8.94 Å². The fraction of sp³-hybridized carbons (Fsp3) is 0.667. The summed E-state index contributed by atoms with van der Waals surface area (Å²) in [4.78, 5) is 13.3. The summed E-state index contributed by atoms with van der Waals surface area (Å²) in [5.74, 6) is 3.13. The van der Waals surface area contributed by atoms with Crippen LogP contribution in [0.15, 0.2) is 15.1 Å². The standard InChI is InChI=1S/C15H23N5O2/c1-4-13-7-16-15(21-13)10-19(3)12-5-6-20(8-12)9-14-17-11(2)22-18-14/h7,12H,4-6,8-10H2,1-3H3. The van der Waals surface area contributed by atoms with Gasteiger partial charge in [-0.05, 0) is 13.5 Å². The molecule has 1 aliphatic heterocycles. The zero-order valence-corrected chi connectivity index (χ0v) is 13.4. The number of hydrogen-bond donors (Lipinski definition) is 0. The minimum absolute atomic E-state index is 0.505. The van der Waals surface area contributed by atoms with E-state index >= 15 is 0 Å². The third-order valence-electron chi connectivity index (χ3n) is 4.14. The normalized spacial score (nSPS) is 19.4. The Kier molecular flexibility index (Phi) is 4.54. The first-order valence-corrected chi connectivity index (χ1v) is 7.79. The minimum Gasteiger partial charge on any atom is -0.444 e. The fourth-order valence-corrected chi connectivity index (χ4v) is 2.85. The number of aromatic nitrogens is 3. The van der Waals surface area contributed by atoms with Gasteiger partial charge >= 0.3 is 0 Å². The quantitative estimate of drug-likeness (QED) is 0.803. The zero-order valence-electron chi connectivity index (χ0n) is 13.4. The highest BCUT2D eigenvalue weighted by atomic mass is 16.5. The van der Waals surface area contributed by atoms with E-state index in [4.69, 9.17) is 8.94 Å². The van der Waals surface area contributed by atoms with Crippen LogP contribution in [0.2, 0.25) is 0 Å². The summed E-state index contributed by atoms with van der Waals surface area (Å²) in [6.45, 7) is 7.45. The molecule has 3 heterocycles. The summed E-state index contributed by atoms with van der Waals surface area (Å²) in [6, 6.07) is 0.505. The van der Waals surface area contributed by atoms with Crippen molar-refractivity contribution in [1.82, 2.24) is 24.9 Å². The van der Waals surface area contributed by atoms with Crippen molar-refractivity contribution in [3.05, 3.63) is 29.6 Å². The van der Waals surface area contributed by atoms with Crippen LogP contribution in [0.5, 0.6) is 0 Å². The van der Waals surface area contributed by atoms with Gasteiger partial charge in [0.05, 0.1) is 19.3 Å². The van der Waals surface area contributed by atoms with Crippen LogP contribution in [0, 0.1) is 6.92 Å². The molecule has 3 rings (SSSR count). The number of aryl methyl sites for hydroxylation is 2. The molecule has 1 fully saturated rings. The third-order valence-corrected chi connectivity index (χ3v) is 4.14. The predicted octanol–water partition coefficient (Wildman–Crippen LogP) is 1.63. The van der Waals surface area contributed by atoms with E-state index in [9.17, 15) is 0 Å². The minimum atomic E-state index is 0.505. The van der Waals surface area contributed by atoms with E-state index in [1.807, 2.05) is 13.1 Å². The van der Waals surface area contributed by atoms with E-state index in [-0.39, 0.29) is 0 Å². The van der Waals surface area contributed by atoms with Crippen LogP contribution in [-0.4, -0.2) is 51.1 Å². The highest BCUT2D eigenvalue weighted by Gasteiger charge is 2.27. The van der Waals surface area contributed by atoms with Crippen LogP contribution in [0.25, 0.3) is 0 Å². The van der Waals surface area contributed by atoms with Crippen LogP contribution in [-0.2, 0) is 19.5 Å². The summed E-state index contributed by atoms with van der Waals surface area (Å²) in [7, 11) is 2.13. The molecule has 7 nitrogen and oxygen atoms in total. The lowest BCUT2D eigenvalue weighted by molar-refractivity contribution is 0.202. The molecule has 7 heteroatoms. The van der Waals surface area contributed by atoms with Gasteiger partial charge in [-0.3, -0.25) is 9.80 Å². The molecule has 1 aliphatic rings. The summed E-state index contributed by atoms with van der Waals surface area (Å²) in [5.41, 5.74) is 0. The molecule has 2 aromatic heterocycles. The summed E-state index contributed by atoms with van der Waals surface area (Å²) in [6.07, 6.45) is 3.84. The van der Waals surface area contributed by atoms with Crippen LogP contribution >= 0.6 is 0 Å². The molecular formula is C15H23N5O2. The second-order valence-corrected chi connectivity index (χ2v) is 5.90. The van der Waals surface area contributed by atoms with Crippen LogP contribution in [0.1, 0.15) is 36.7 Å². The van der Waals surface area contributed by atoms with Gasteiger partial charge in [0.1, 0.15) is 5.76 Å². The predicted molar refractivity (Wildman–Crippen MR) is 80.1 cm³/mol. The lowest BCUT2D eigenvalue weighted by atomic mass is 10.2. The van der Waals surface area contributed by atoms with Crippen LogP contribution in [0.3, 0.4) is 0 Å². The second-order valence-electron chi connectivity index (χ2n) is 5.90. The molecule has 0 saturated carbocycles. The molecule has 22 heavy (non-hydrogen) atoms. The molecule has 1 atom stereocenters. The van der Waals surface area contributed by atoms with Gasteiger partial charge in [0.2, 0.25) is 11.8 Å². The largest absolute Gasteiger partial charge is 0.444 e. The number of hydrogen-bond acceptors (Lipinski definition) is 7. The zero-order chi connectivity index (χ0) is 15.5. The molecular weight excluding hydrogens is 282 g/mol. The number of rotatable bonds is 6. The van der Waals surface area contributed by atoms with Gasteiger partial charge in [-0.15, -0.1) is 0 Å². The van der Waals surface area contributed by atoms with Crippen molar-refractivity contribution in [1.29, 1.82) is 0 Å². The van der Waals surface area contributed by atoms with Crippen molar-refractivity contribution in [2.24, 2.45) is 0 Å². The Morgan fingerprint density at radius 2 is 2.32 bits per heavy atom. The lowest BCUT2D eigenvalue weighted by Crippen LogP contribution is -2.34. The summed E-state index contributed by atoms with van der Waals surface area (Å²) in [5, 5.41) is 3.96. The van der Waals surface area contributed by atoms with Crippen molar-refractivity contribution >= 4 is 0 Å². The van der Waals surface area contributed by atoms with Gasteiger partial charge in [-0.1, -0.05) is 12.1 Å². The SMILES string of the molecule is CCc1cnc(CN(C)C2CCN(Cc3noc(C)n3)C2)o1. The molecule has 0 aliphatic carbocycles. The molecule has 2 aromatic rings. The third kappa shape index (κ3) is 3.53. The number of likely N-dealkylation sites (N-methyl/N-ethyl adjacent to an activating group) is 1. The first kappa shape index (κ1) is 15.2. The molecule has 1 saturated heterocycles. The summed E-state index contributed by atoms with van der Waals surface area (Å²) < 4.78 is 10.7. The molecule has 1 unspecified atom stereocenters. The molecule has 0 N–H and O–H groups in total. The van der Waals surface area contributed by atoms with Crippen molar-refractivity contribution < 1.29 is 8.94 Å². The number of likely N-dealkylation sites (tertiary alicyclic amines) is 1. The Morgan fingerprint density at radius 3 is 3.00 bits per heavy atom. The van der Waals surface area contributed by atoms with Gasteiger partial charge in [0.25, 0.3) is 0 Å². The number of oxazole rings is 1. The van der Waals surface area contributed by atoms with Crippen molar-refractivity contribution in [2.45, 2.75) is 45.8 Å². The monoisotopic (exact) mass is 305 g/mol. The van der Waals surface area contributed by atoms with Gasteiger partial charge in [0.15, 0.2) is 5.82 Å². The Labute approximate surface area is 130 Å². The number of nitrogens with zero attached hydrogens (tertiary/aromatic N) is 5.